The average molecular weight is 310 g/mol. The molecule has 0 radical (unpaired) electrons. The van der Waals surface area contributed by atoms with Crippen molar-refractivity contribution < 1.29 is 14.3 Å². The van der Waals surface area contributed by atoms with E-state index >= 15 is 0 Å². The molecule has 1 fully saturated rings. The second-order valence-electron chi connectivity index (χ2n) is 5.50. The third-order valence-electron chi connectivity index (χ3n) is 3.70. The van der Waals surface area contributed by atoms with Gasteiger partial charge in [-0.1, -0.05) is 54.6 Å². The van der Waals surface area contributed by atoms with Crippen LogP contribution in [0.4, 0.5) is 4.79 Å². The predicted molar refractivity (Wildman–Crippen MR) is 85.8 cm³/mol. The minimum absolute atomic E-state index is 0.174. The van der Waals surface area contributed by atoms with E-state index in [-0.39, 0.29) is 12.5 Å². The van der Waals surface area contributed by atoms with E-state index in [0.717, 1.165) is 17.5 Å². The van der Waals surface area contributed by atoms with E-state index in [9.17, 15) is 9.59 Å². The molecular weight excluding hydrogens is 292 g/mol. The summed E-state index contributed by atoms with van der Waals surface area (Å²) in [7, 11) is 0. The molecule has 3 rings (SSSR count). The van der Waals surface area contributed by atoms with Gasteiger partial charge in [-0.3, -0.25) is 4.79 Å². The molecule has 1 aliphatic rings. The third-order valence-corrected chi connectivity index (χ3v) is 3.70. The van der Waals surface area contributed by atoms with E-state index in [4.69, 9.17) is 4.74 Å². The van der Waals surface area contributed by atoms with Gasteiger partial charge in [-0.25, -0.2) is 4.79 Å². The van der Waals surface area contributed by atoms with Gasteiger partial charge in [0.15, 0.2) is 0 Å². The molecule has 2 aromatic carbocycles. The van der Waals surface area contributed by atoms with Crippen molar-refractivity contribution in [2.75, 3.05) is 6.54 Å². The zero-order chi connectivity index (χ0) is 16.1. The van der Waals surface area contributed by atoms with E-state index in [1.807, 2.05) is 36.4 Å². The summed E-state index contributed by atoms with van der Waals surface area (Å²) in [4.78, 5) is 22.7. The van der Waals surface area contributed by atoms with Crippen molar-refractivity contribution in [3.8, 4) is 0 Å². The maximum Gasteiger partial charge on any atom is 0.408 e. The Kier molecular flexibility index (Phi) is 4.57. The number of carbonyl (C=O) groups is 2. The largest absolute Gasteiger partial charge is 0.445 e. The van der Waals surface area contributed by atoms with Gasteiger partial charge in [0.1, 0.15) is 12.6 Å². The fourth-order valence-electron chi connectivity index (χ4n) is 2.40. The van der Waals surface area contributed by atoms with Crippen LogP contribution >= 0.6 is 0 Å². The molecular formula is C18H18N2O3. The number of ether oxygens (including phenoxy) is 1. The van der Waals surface area contributed by atoms with Crippen LogP contribution in [0.25, 0.3) is 0 Å². The Labute approximate surface area is 134 Å². The molecule has 0 aromatic heterocycles. The van der Waals surface area contributed by atoms with Crippen LogP contribution in [0.1, 0.15) is 16.7 Å². The summed E-state index contributed by atoms with van der Waals surface area (Å²) in [6, 6.07) is 17.7. The van der Waals surface area contributed by atoms with Gasteiger partial charge >= 0.3 is 6.09 Å². The van der Waals surface area contributed by atoms with E-state index in [1.165, 1.54) is 5.56 Å². The lowest BCUT2D eigenvalue weighted by Crippen LogP contribution is -2.61. The quantitative estimate of drug-likeness (QED) is 0.830. The molecule has 2 N–H and O–H groups in total. The second-order valence-corrected chi connectivity index (χ2v) is 5.50. The summed E-state index contributed by atoms with van der Waals surface area (Å²) in [5.74, 6) is -0.174. The maximum atomic E-state index is 11.6. The van der Waals surface area contributed by atoms with E-state index in [2.05, 4.69) is 28.8 Å². The Bertz CT molecular complexity index is 700. The molecule has 5 heteroatoms. The van der Waals surface area contributed by atoms with Crippen LogP contribution in [0.3, 0.4) is 0 Å². The minimum atomic E-state index is -0.571. The van der Waals surface area contributed by atoms with Gasteiger partial charge in [0, 0.05) is 6.54 Å². The number of amides is 2. The first kappa shape index (κ1) is 15.1. The smallest absolute Gasteiger partial charge is 0.408 e. The Morgan fingerprint density at radius 3 is 2.52 bits per heavy atom. The number of benzene rings is 2. The number of carbonyl (C=O) groups excluding carboxylic acids is 2. The molecule has 23 heavy (non-hydrogen) atoms. The third kappa shape index (κ3) is 4.10. The first-order valence-electron chi connectivity index (χ1n) is 7.53. The summed E-state index contributed by atoms with van der Waals surface area (Å²) >= 11 is 0. The van der Waals surface area contributed by atoms with Gasteiger partial charge in [-0.05, 0) is 23.1 Å². The molecule has 118 valence electrons. The van der Waals surface area contributed by atoms with Gasteiger partial charge in [0.2, 0.25) is 5.91 Å². The molecule has 0 bridgehead atoms. The Morgan fingerprint density at radius 1 is 1.09 bits per heavy atom. The normalized spacial score (nSPS) is 16.2. The summed E-state index contributed by atoms with van der Waals surface area (Å²) < 4.78 is 5.16. The average Bonchev–Trinajstić information content (AvgIpc) is 2.58. The highest BCUT2D eigenvalue weighted by atomic mass is 16.5. The van der Waals surface area contributed by atoms with Crippen LogP contribution in [0, 0.1) is 0 Å². The molecule has 2 amide bonds. The summed E-state index contributed by atoms with van der Waals surface area (Å²) in [5, 5.41) is 5.08. The van der Waals surface area contributed by atoms with Gasteiger partial charge in [-0.15, -0.1) is 0 Å². The summed E-state index contributed by atoms with van der Waals surface area (Å²) in [6.45, 7) is 0.642. The van der Waals surface area contributed by atoms with Crippen LogP contribution in [-0.2, 0) is 22.6 Å². The van der Waals surface area contributed by atoms with Gasteiger partial charge in [-0.2, -0.15) is 0 Å². The van der Waals surface area contributed by atoms with Crippen LogP contribution < -0.4 is 10.6 Å². The minimum Gasteiger partial charge on any atom is -0.445 e. The summed E-state index contributed by atoms with van der Waals surface area (Å²) in [6.07, 6.45) is 0.265. The Hall–Kier alpha value is -2.82. The fraction of sp³-hybridized carbons (Fsp3) is 0.222. The highest BCUT2D eigenvalue weighted by Gasteiger charge is 2.29. The number of rotatable bonds is 5. The molecule has 1 atom stereocenters. The molecule has 2 aromatic rings. The van der Waals surface area contributed by atoms with Crippen LogP contribution in [0.15, 0.2) is 54.6 Å². The lowest BCUT2D eigenvalue weighted by molar-refractivity contribution is -0.128. The first-order chi connectivity index (χ1) is 11.2. The van der Waals surface area contributed by atoms with E-state index in [1.54, 1.807) is 0 Å². The number of nitrogens with one attached hydrogen (secondary N) is 2. The van der Waals surface area contributed by atoms with Crippen molar-refractivity contribution in [3.05, 3.63) is 71.3 Å². The molecule has 1 saturated heterocycles. The molecule has 1 aliphatic heterocycles. The molecule has 0 aliphatic carbocycles. The maximum absolute atomic E-state index is 11.6. The van der Waals surface area contributed by atoms with Crippen molar-refractivity contribution in [1.82, 2.24) is 10.6 Å². The highest BCUT2D eigenvalue weighted by Crippen LogP contribution is 2.12. The number of hydrogen-bond donors (Lipinski definition) is 2. The van der Waals surface area contributed by atoms with Crippen LogP contribution in [-0.4, -0.2) is 24.6 Å². The Balaban J connectivity index is 1.53. The van der Waals surface area contributed by atoms with Crippen molar-refractivity contribution in [2.24, 2.45) is 0 Å². The number of β-lactam (4-membered cyclic amide) rings is 1. The molecule has 0 spiro atoms. The van der Waals surface area contributed by atoms with Gasteiger partial charge in [0.05, 0.1) is 0 Å². The highest BCUT2D eigenvalue weighted by molar-refractivity contribution is 5.90. The van der Waals surface area contributed by atoms with Crippen LogP contribution in [0.2, 0.25) is 0 Å². The lowest BCUT2D eigenvalue weighted by atomic mass is 10.0. The van der Waals surface area contributed by atoms with Crippen molar-refractivity contribution in [2.45, 2.75) is 19.1 Å². The number of alkyl carbamates (subject to hydrolysis) is 1. The summed E-state index contributed by atoms with van der Waals surface area (Å²) in [5.41, 5.74) is 3.32. The number of hydrogen-bond acceptors (Lipinski definition) is 3. The van der Waals surface area contributed by atoms with E-state index < -0.39 is 12.1 Å². The molecule has 0 unspecified atom stereocenters. The van der Waals surface area contributed by atoms with Gasteiger partial charge < -0.3 is 15.4 Å². The van der Waals surface area contributed by atoms with Crippen molar-refractivity contribution >= 4 is 12.0 Å². The topological polar surface area (TPSA) is 67.4 Å². The monoisotopic (exact) mass is 310 g/mol. The SMILES string of the molecule is O=C(N[C@H]1CNC1=O)OCc1cccc(Cc2ccccc2)c1. The standard InChI is InChI=1S/C18H18N2O3/c21-17-16(11-19-17)20-18(22)23-12-15-8-4-7-14(10-15)9-13-5-2-1-3-6-13/h1-8,10,16H,9,11-12H2,(H,19,21)(H,20,22)/t16-/m0/s1. The Morgan fingerprint density at radius 2 is 1.83 bits per heavy atom. The second kappa shape index (κ2) is 6.96. The van der Waals surface area contributed by atoms with Crippen molar-refractivity contribution in [1.29, 1.82) is 0 Å². The zero-order valence-corrected chi connectivity index (χ0v) is 12.6. The lowest BCUT2D eigenvalue weighted by Gasteiger charge is -2.26. The molecule has 5 nitrogen and oxygen atoms in total. The van der Waals surface area contributed by atoms with Gasteiger partial charge in [0.25, 0.3) is 0 Å². The molecule has 0 saturated carbocycles. The fourth-order valence-corrected chi connectivity index (χ4v) is 2.40. The first-order valence-corrected chi connectivity index (χ1v) is 7.53. The molecule has 1 heterocycles. The zero-order valence-electron chi connectivity index (χ0n) is 12.6. The van der Waals surface area contributed by atoms with Crippen LogP contribution in [0.5, 0.6) is 0 Å². The predicted octanol–water partition coefficient (Wildman–Crippen LogP) is 2.00. The van der Waals surface area contributed by atoms with E-state index in [0.29, 0.717) is 6.54 Å². The van der Waals surface area contributed by atoms with Crippen molar-refractivity contribution in [3.63, 3.8) is 0 Å².